The summed E-state index contributed by atoms with van der Waals surface area (Å²) in [5.74, 6) is 0.666. The molecule has 0 heterocycles. The van der Waals surface area contributed by atoms with Crippen LogP contribution in [0.5, 0.6) is 0 Å². The number of rotatable bonds is 5. The predicted octanol–water partition coefficient (Wildman–Crippen LogP) is 1.64. The molecule has 0 saturated carbocycles. The highest BCUT2D eigenvalue weighted by molar-refractivity contribution is 4.46. The molecule has 3 nitrogen and oxygen atoms in total. The smallest absolute Gasteiger partial charge is 0.0553 e. The quantitative estimate of drug-likeness (QED) is 0.698. The van der Waals surface area contributed by atoms with E-state index in [0.717, 1.165) is 13.0 Å². The van der Waals surface area contributed by atoms with Crippen molar-refractivity contribution in [2.45, 2.75) is 40.2 Å². The van der Waals surface area contributed by atoms with Crippen molar-refractivity contribution in [1.82, 2.24) is 0 Å². The van der Waals surface area contributed by atoms with Crippen LogP contribution in [-0.2, 0) is 4.74 Å². The Hall–Kier alpha value is -0.120. The monoisotopic (exact) mass is 193 g/mol. The lowest BCUT2D eigenvalue weighted by Crippen LogP contribution is -2.10. The summed E-state index contributed by atoms with van der Waals surface area (Å²) in [4.78, 5) is 0. The molecule has 0 aliphatic rings. The van der Waals surface area contributed by atoms with Crippen LogP contribution in [0.15, 0.2) is 0 Å². The molecular formula is C10H27NO2. The first-order chi connectivity index (χ1) is 6.08. The second kappa shape index (κ2) is 11.9. The fourth-order valence-corrected chi connectivity index (χ4v) is 0.475. The van der Waals surface area contributed by atoms with Gasteiger partial charge in [0, 0.05) is 14.6 Å². The van der Waals surface area contributed by atoms with Crippen molar-refractivity contribution < 1.29 is 11.3 Å². The number of ether oxygens (including phenoxy) is 1. The van der Waals surface area contributed by atoms with E-state index in [1.54, 1.807) is 0 Å². The molecule has 0 unspecified atom stereocenters. The molecule has 0 aromatic rings. The summed E-state index contributed by atoms with van der Waals surface area (Å²) in [5.41, 5.74) is 4.78. The molecule has 3 N–H and O–H groups in total. The summed E-state index contributed by atoms with van der Waals surface area (Å²) < 4.78 is 5.45. The van der Waals surface area contributed by atoms with Gasteiger partial charge in [0.1, 0.15) is 0 Å². The highest BCUT2D eigenvalue weighted by Crippen LogP contribution is 1.99. The van der Waals surface area contributed by atoms with Crippen molar-refractivity contribution in [3.05, 3.63) is 0 Å². The Morgan fingerprint density at radius 1 is 1.38 bits per heavy atom. The summed E-state index contributed by atoms with van der Waals surface area (Å²) >= 11 is 0. The third kappa shape index (κ3) is 18.7. The van der Waals surface area contributed by atoms with Crippen molar-refractivity contribution in [3.63, 3.8) is 0 Å². The van der Waals surface area contributed by atoms with Crippen LogP contribution < -0.4 is 5.73 Å². The second-order valence-electron chi connectivity index (χ2n) is 3.46. The molecule has 0 radical (unpaired) electrons. The van der Waals surface area contributed by atoms with E-state index in [-0.39, 0.29) is 8.03 Å². The molecule has 0 fully saturated rings. The van der Waals surface area contributed by atoms with Crippen LogP contribution in [0.25, 0.3) is 0 Å². The molecule has 0 spiro atoms. The zero-order valence-corrected chi connectivity index (χ0v) is 9.42. The third-order valence-electron chi connectivity index (χ3n) is 1.42. The molecular weight excluding hydrogens is 166 g/mol. The topological polar surface area (TPSA) is 55.5 Å². The summed E-state index contributed by atoms with van der Waals surface area (Å²) in [6, 6.07) is 0. The zero-order valence-electron chi connectivity index (χ0n) is 9.42. The maximum atomic E-state index is 7.75. The normalized spacial score (nSPS) is 12.2. The Balaban J connectivity index is -0.000000209. The van der Waals surface area contributed by atoms with E-state index in [1.807, 2.05) is 0 Å². The fourth-order valence-electron chi connectivity index (χ4n) is 0.475. The van der Waals surface area contributed by atoms with E-state index in [4.69, 9.17) is 15.6 Å². The number of nitrogens with two attached hydrogens (primary N) is 1. The van der Waals surface area contributed by atoms with E-state index in [1.165, 1.54) is 0 Å². The average Bonchev–Trinajstić information content (AvgIpc) is 2.14. The summed E-state index contributed by atoms with van der Waals surface area (Å²) in [7, 11) is 0. The molecule has 0 aromatic carbocycles. The van der Waals surface area contributed by atoms with Gasteiger partial charge in [0.15, 0.2) is 0 Å². The van der Waals surface area contributed by atoms with Crippen molar-refractivity contribution in [1.29, 1.82) is 0 Å². The van der Waals surface area contributed by atoms with Gasteiger partial charge in [0.25, 0.3) is 0 Å². The Kier molecular flexibility index (Phi) is 14.0. The van der Waals surface area contributed by atoms with Crippen LogP contribution >= 0.6 is 0 Å². The standard InChI is InChI=1S/C8H18O.C2H7NO.H2/c1-5-8(4)9-6-7(2)3;3-1-2-4;/h7-8H,5-6H2,1-4H3;4H,1-3H2;1H/t8-;;/m0../s1. The molecule has 0 saturated heterocycles. The SMILES string of the molecule is CC[C@H](C)OCC(C)C.NCCO.[HH]. The molecule has 13 heavy (non-hydrogen) atoms. The lowest BCUT2D eigenvalue weighted by molar-refractivity contribution is 0.0455. The Bertz CT molecular complexity index is 90.2. The third-order valence-corrected chi connectivity index (χ3v) is 1.42. The molecule has 0 bridgehead atoms. The molecule has 0 rings (SSSR count). The van der Waals surface area contributed by atoms with Gasteiger partial charge in [-0.05, 0) is 19.3 Å². The number of hydrogen-bond donors (Lipinski definition) is 2. The van der Waals surface area contributed by atoms with Gasteiger partial charge < -0.3 is 15.6 Å². The Morgan fingerprint density at radius 2 is 1.85 bits per heavy atom. The minimum atomic E-state index is 0. The largest absolute Gasteiger partial charge is 0.395 e. The van der Waals surface area contributed by atoms with Crippen molar-refractivity contribution in [3.8, 4) is 0 Å². The van der Waals surface area contributed by atoms with E-state index >= 15 is 0 Å². The molecule has 0 amide bonds. The van der Waals surface area contributed by atoms with Gasteiger partial charge in [-0.3, -0.25) is 0 Å². The predicted molar refractivity (Wildman–Crippen MR) is 58.8 cm³/mol. The van der Waals surface area contributed by atoms with Crippen LogP contribution in [0.2, 0.25) is 0 Å². The molecule has 84 valence electrons. The molecule has 1 atom stereocenters. The molecule has 0 aliphatic heterocycles. The van der Waals surface area contributed by atoms with Crippen LogP contribution in [0.1, 0.15) is 35.5 Å². The van der Waals surface area contributed by atoms with Gasteiger partial charge in [-0.25, -0.2) is 0 Å². The van der Waals surface area contributed by atoms with Gasteiger partial charge in [-0.1, -0.05) is 20.8 Å². The van der Waals surface area contributed by atoms with E-state index in [2.05, 4.69) is 27.7 Å². The highest BCUT2D eigenvalue weighted by Gasteiger charge is 1.98. The maximum absolute atomic E-state index is 7.75. The van der Waals surface area contributed by atoms with Gasteiger partial charge >= 0.3 is 0 Å². The van der Waals surface area contributed by atoms with E-state index < -0.39 is 0 Å². The average molecular weight is 193 g/mol. The van der Waals surface area contributed by atoms with Crippen LogP contribution in [0.4, 0.5) is 0 Å². The van der Waals surface area contributed by atoms with Crippen molar-refractivity contribution in [2.75, 3.05) is 19.8 Å². The molecule has 0 aliphatic carbocycles. The second-order valence-corrected chi connectivity index (χ2v) is 3.46. The van der Waals surface area contributed by atoms with E-state index in [9.17, 15) is 0 Å². The van der Waals surface area contributed by atoms with Crippen molar-refractivity contribution in [2.24, 2.45) is 11.7 Å². The summed E-state index contributed by atoms with van der Waals surface area (Å²) in [6.45, 7) is 9.97. The summed E-state index contributed by atoms with van der Waals surface area (Å²) in [6.07, 6.45) is 1.56. The Morgan fingerprint density at radius 3 is 2.08 bits per heavy atom. The van der Waals surface area contributed by atoms with Crippen LogP contribution in [0.3, 0.4) is 0 Å². The molecule has 0 aromatic heterocycles. The first kappa shape index (κ1) is 15.4. The zero-order chi connectivity index (χ0) is 10.7. The maximum Gasteiger partial charge on any atom is 0.0553 e. The minimum Gasteiger partial charge on any atom is -0.395 e. The van der Waals surface area contributed by atoms with Gasteiger partial charge in [0.05, 0.1) is 12.7 Å². The van der Waals surface area contributed by atoms with E-state index in [0.29, 0.717) is 18.6 Å². The minimum absolute atomic E-state index is 0. The van der Waals surface area contributed by atoms with Gasteiger partial charge in [-0.2, -0.15) is 0 Å². The number of hydrogen-bond acceptors (Lipinski definition) is 3. The van der Waals surface area contributed by atoms with Crippen LogP contribution in [-0.4, -0.2) is 31.0 Å². The highest BCUT2D eigenvalue weighted by atomic mass is 16.5. The molecule has 3 heteroatoms. The fraction of sp³-hybridized carbons (Fsp3) is 1.00. The number of aliphatic hydroxyl groups excluding tert-OH is 1. The van der Waals surface area contributed by atoms with Gasteiger partial charge in [-0.15, -0.1) is 0 Å². The summed E-state index contributed by atoms with van der Waals surface area (Å²) in [5, 5.41) is 7.75. The number of aliphatic hydroxyl groups is 1. The first-order valence-electron chi connectivity index (χ1n) is 5.00. The lowest BCUT2D eigenvalue weighted by atomic mass is 10.2. The van der Waals surface area contributed by atoms with Crippen molar-refractivity contribution >= 4 is 0 Å². The first-order valence-corrected chi connectivity index (χ1v) is 5.00. The van der Waals surface area contributed by atoms with Gasteiger partial charge in [0.2, 0.25) is 0 Å². The lowest BCUT2D eigenvalue weighted by Gasteiger charge is -2.11. The van der Waals surface area contributed by atoms with Crippen LogP contribution in [0, 0.1) is 5.92 Å². The Labute approximate surface area is 83.8 Å².